The van der Waals surface area contributed by atoms with Crippen molar-refractivity contribution in [2.75, 3.05) is 38.6 Å². The maximum absolute atomic E-state index is 12.7. The van der Waals surface area contributed by atoms with Crippen molar-refractivity contribution >= 4 is 53.1 Å². The monoisotopic (exact) mass is 622 g/mol. The maximum Gasteiger partial charge on any atom is 0.410 e. The second kappa shape index (κ2) is 13.1. The van der Waals surface area contributed by atoms with Gasteiger partial charge < -0.3 is 19.4 Å². The standard InChI is InChI=1S/C31H42N8O2S2/c1-20-18-38(29(40)41-30(2,3)4)14-9-15-39(20)28-34-13-11-23(36-28)22(33)16-25(42)31(5)12-8-10-24-26(31)21(17-32)27(43-24)35-19-37(6)7/h11,13,16,19-20,33,42H,8-10,12,14-15,18H2,1-7H3/b25-16-,33-22?,35-19+/t20-,31+/m0/s1. The summed E-state index contributed by atoms with van der Waals surface area (Å²) in [6.07, 6.45) is 8.25. The number of thiophene rings is 1. The van der Waals surface area contributed by atoms with Crippen molar-refractivity contribution in [3.63, 3.8) is 0 Å². The number of fused-ring (bicyclic) bond motifs is 1. The highest BCUT2D eigenvalue weighted by molar-refractivity contribution is 7.84. The smallest absolute Gasteiger partial charge is 0.410 e. The van der Waals surface area contributed by atoms with Crippen molar-refractivity contribution in [2.24, 2.45) is 4.99 Å². The van der Waals surface area contributed by atoms with E-state index in [1.807, 2.05) is 46.7 Å². The predicted octanol–water partition coefficient (Wildman–Crippen LogP) is 5.94. The van der Waals surface area contributed by atoms with Crippen LogP contribution in [0.5, 0.6) is 0 Å². The molecule has 43 heavy (non-hydrogen) atoms. The van der Waals surface area contributed by atoms with E-state index in [0.717, 1.165) is 36.1 Å². The zero-order chi connectivity index (χ0) is 31.5. The fourth-order valence-corrected chi connectivity index (χ4v) is 7.14. The van der Waals surface area contributed by atoms with Crippen LogP contribution in [0.3, 0.4) is 0 Å². The largest absolute Gasteiger partial charge is 0.444 e. The fourth-order valence-electron chi connectivity index (χ4n) is 5.53. The van der Waals surface area contributed by atoms with Crippen LogP contribution in [0.1, 0.15) is 75.6 Å². The number of carbonyl (C=O) groups is 1. The third kappa shape index (κ3) is 7.39. The van der Waals surface area contributed by atoms with Crippen molar-refractivity contribution < 1.29 is 9.53 Å². The van der Waals surface area contributed by atoms with Gasteiger partial charge in [-0.25, -0.2) is 19.8 Å². The number of hydrogen-bond acceptors (Lipinski definition) is 10. The molecule has 1 N–H and O–H groups in total. The lowest BCUT2D eigenvalue weighted by molar-refractivity contribution is 0.0251. The first kappa shape index (κ1) is 32.5. The fraction of sp³-hybridized carbons (Fsp3) is 0.548. The average Bonchev–Trinajstić information content (AvgIpc) is 3.19. The van der Waals surface area contributed by atoms with E-state index < -0.39 is 11.0 Å². The van der Waals surface area contributed by atoms with E-state index in [-0.39, 0.29) is 17.8 Å². The highest BCUT2D eigenvalue weighted by Crippen LogP contribution is 2.51. The van der Waals surface area contributed by atoms with E-state index in [9.17, 15) is 10.1 Å². The molecule has 1 amide bonds. The van der Waals surface area contributed by atoms with E-state index in [1.165, 1.54) is 0 Å². The first-order valence-corrected chi connectivity index (χ1v) is 15.8. The molecule has 0 bridgehead atoms. The quantitative estimate of drug-likeness (QED) is 0.232. The summed E-state index contributed by atoms with van der Waals surface area (Å²) in [5.74, 6) is 0.522. The van der Waals surface area contributed by atoms with Gasteiger partial charge >= 0.3 is 6.09 Å². The van der Waals surface area contributed by atoms with Crippen LogP contribution in [0.4, 0.5) is 15.7 Å². The summed E-state index contributed by atoms with van der Waals surface area (Å²) in [4.78, 5) is 34.1. The molecule has 2 aromatic heterocycles. The summed E-state index contributed by atoms with van der Waals surface area (Å²) in [6, 6.07) is 4.09. The Balaban J connectivity index is 1.57. The second-order valence-electron chi connectivity index (χ2n) is 12.6. The number of thiol groups is 1. The predicted molar refractivity (Wildman–Crippen MR) is 176 cm³/mol. The number of hydrogen-bond donors (Lipinski definition) is 2. The summed E-state index contributed by atoms with van der Waals surface area (Å²) in [5, 5.41) is 19.8. The molecule has 230 valence electrons. The van der Waals surface area contributed by atoms with Gasteiger partial charge in [0.2, 0.25) is 5.95 Å². The van der Waals surface area contributed by atoms with Gasteiger partial charge in [0.05, 0.1) is 23.3 Å². The first-order valence-electron chi connectivity index (χ1n) is 14.6. The Morgan fingerprint density at radius 3 is 2.77 bits per heavy atom. The molecule has 2 aliphatic rings. The van der Waals surface area contributed by atoms with E-state index in [2.05, 4.69) is 27.9 Å². The van der Waals surface area contributed by atoms with Gasteiger partial charge in [0.1, 0.15) is 16.7 Å². The van der Waals surface area contributed by atoms with Gasteiger partial charge in [-0.05, 0) is 76.0 Å². The summed E-state index contributed by atoms with van der Waals surface area (Å²) in [5.41, 5.74) is 1.20. The summed E-state index contributed by atoms with van der Waals surface area (Å²) in [7, 11) is 3.80. The molecule has 2 atom stereocenters. The van der Waals surface area contributed by atoms with Crippen molar-refractivity contribution in [1.82, 2.24) is 19.8 Å². The van der Waals surface area contributed by atoms with Crippen LogP contribution >= 0.6 is 24.0 Å². The third-order valence-electron chi connectivity index (χ3n) is 7.63. The molecule has 0 radical (unpaired) electrons. The molecular weight excluding hydrogens is 581 g/mol. The van der Waals surface area contributed by atoms with Gasteiger partial charge in [0.15, 0.2) is 0 Å². The minimum absolute atomic E-state index is 0.0395. The van der Waals surface area contributed by atoms with E-state index >= 15 is 0 Å². The lowest BCUT2D eigenvalue weighted by atomic mass is 9.72. The summed E-state index contributed by atoms with van der Waals surface area (Å²) >= 11 is 6.50. The Morgan fingerprint density at radius 1 is 1.35 bits per heavy atom. The number of ether oxygens (including phenoxy) is 1. The Hall–Kier alpha value is -3.43. The number of nitrogens with zero attached hydrogens (tertiary/aromatic N) is 7. The Labute approximate surface area is 264 Å². The molecule has 1 fully saturated rings. The molecule has 0 aromatic carbocycles. The number of aryl methyl sites for hydroxylation is 1. The third-order valence-corrected chi connectivity index (χ3v) is 9.41. The van der Waals surface area contributed by atoms with E-state index in [4.69, 9.17) is 27.8 Å². The normalized spacial score (nSPS) is 21.3. The second-order valence-corrected chi connectivity index (χ2v) is 14.2. The van der Waals surface area contributed by atoms with Gasteiger partial charge in [-0.2, -0.15) is 5.26 Å². The number of nitriles is 1. The highest BCUT2D eigenvalue weighted by Gasteiger charge is 2.39. The average molecular weight is 623 g/mol. The van der Waals surface area contributed by atoms with E-state index in [0.29, 0.717) is 46.7 Å². The van der Waals surface area contributed by atoms with Crippen molar-refractivity contribution in [3.05, 3.63) is 44.9 Å². The molecule has 0 saturated carbocycles. The maximum atomic E-state index is 12.7. The number of allylic oxidation sites excluding steroid dienone is 2. The van der Waals surface area contributed by atoms with Crippen LogP contribution in [0, 0.1) is 16.7 Å². The molecule has 1 saturated heterocycles. The topological polar surface area (TPSA) is 122 Å². The van der Waals surface area contributed by atoms with Gasteiger partial charge in [-0.3, -0.25) is 5.41 Å². The van der Waals surface area contributed by atoms with Crippen LogP contribution in [-0.2, 0) is 16.6 Å². The molecule has 1 aliphatic heterocycles. The van der Waals surface area contributed by atoms with Crippen LogP contribution < -0.4 is 4.90 Å². The molecule has 10 nitrogen and oxygen atoms in total. The number of aliphatic imine (C=N–C) groups is 1. The zero-order valence-electron chi connectivity index (χ0n) is 26.1. The Bertz CT molecular complexity index is 1470. The van der Waals surface area contributed by atoms with Gasteiger partial charge in [-0.1, -0.05) is 6.92 Å². The highest BCUT2D eigenvalue weighted by atomic mass is 32.1. The van der Waals surface area contributed by atoms with Gasteiger partial charge in [0, 0.05) is 56.3 Å². The molecule has 3 heterocycles. The van der Waals surface area contributed by atoms with Gasteiger partial charge in [0.25, 0.3) is 0 Å². The number of nitrogens with one attached hydrogen (secondary N) is 1. The molecular formula is C31H42N8O2S2. The van der Waals surface area contributed by atoms with Crippen molar-refractivity contribution in [3.8, 4) is 6.07 Å². The van der Waals surface area contributed by atoms with Crippen molar-refractivity contribution in [2.45, 2.75) is 77.4 Å². The van der Waals surface area contributed by atoms with Gasteiger partial charge in [-0.15, -0.1) is 24.0 Å². The first-order chi connectivity index (χ1) is 20.2. The minimum atomic E-state index is -0.554. The summed E-state index contributed by atoms with van der Waals surface area (Å²) < 4.78 is 5.60. The minimum Gasteiger partial charge on any atom is -0.444 e. The number of carbonyl (C=O) groups excluding carboxylic acids is 1. The van der Waals surface area contributed by atoms with Crippen LogP contribution in [-0.4, -0.2) is 83.3 Å². The molecule has 4 rings (SSSR count). The number of anilines is 1. The number of amides is 1. The van der Waals surface area contributed by atoms with Crippen LogP contribution in [0.15, 0.2) is 28.2 Å². The van der Waals surface area contributed by atoms with Crippen molar-refractivity contribution in [1.29, 1.82) is 10.7 Å². The molecule has 12 heteroatoms. The molecule has 1 aliphatic carbocycles. The number of aromatic nitrogens is 2. The Kier molecular flexibility index (Phi) is 9.86. The lowest BCUT2D eigenvalue weighted by Crippen LogP contribution is -2.43. The zero-order valence-corrected chi connectivity index (χ0v) is 27.8. The van der Waals surface area contributed by atoms with Crippen LogP contribution in [0.25, 0.3) is 0 Å². The SMILES string of the molecule is C[C@H]1CN(C(=O)OC(C)(C)C)CCCN1c1nccc(C(=N)/C=C(\S)[C@@]2(C)CCCc3sc(/N=C/N(C)C)c(C#N)c32)n1. The molecule has 2 aromatic rings. The molecule has 0 unspecified atom stereocenters. The summed E-state index contributed by atoms with van der Waals surface area (Å²) in [6.45, 7) is 11.5. The van der Waals surface area contributed by atoms with E-state index in [1.54, 1.807) is 40.9 Å². The Morgan fingerprint density at radius 2 is 2.09 bits per heavy atom. The molecule has 0 spiro atoms. The van der Waals surface area contributed by atoms with Crippen LogP contribution in [0.2, 0.25) is 0 Å². The lowest BCUT2D eigenvalue weighted by Gasteiger charge is -2.35. The number of rotatable bonds is 6.